The van der Waals surface area contributed by atoms with Gasteiger partial charge in [-0.25, -0.2) is 0 Å². The minimum atomic E-state index is 1.26. The Balaban J connectivity index is 2.40. The minimum Gasteiger partial charge on any atom is -0.431 e. The summed E-state index contributed by atoms with van der Waals surface area (Å²) in [7, 11) is 0. The van der Waals surface area contributed by atoms with Gasteiger partial charge in [0.05, 0.1) is 0 Å². The molecule has 32 valence electrons. The number of nitrogens with one attached hydrogen (secondary N) is 1. The first-order valence-corrected chi connectivity index (χ1v) is 1.44. The number of hydrogen-bond donors (Lipinski definition) is 1. The van der Waals surface area contributed by atoms with Gasteiger partial charge < -0.3 is 4.74 Å². The highest BCUT2D eigenvalue weighted by molar-refractivity contribution is 5.64. The minimum absolute atomic E-state index is 1.26. The molecule has 1 aliphatic rings. The van der Waals surface area contributed by atoms with Crippen molar-refractivity contribution in [1.82, 2.24) is 5.53 Å². The zero-order valence-corrected chi connectivity index (χ0v) is 2.96. The van der Waals surface area contributed by atoms with E-state index < -0.39 is 0 Å². The predicted octanol–water partition coefficient (Wildman–Crippen LogP) is -0.507. The maximum Gasteiger partial charge on any atom is 0.202 e. The maximum absolute atomic E-state index is 4.42. The molecule has 4 heteroatoms. The average Bonchev–Trinajstić information content (AvgIpc) is 1.72. The van der Waals surface area contributed by atoms with Crippen molar-refractivity contribution in [3.05, 3.63) is 0 Å². The second-order valence-corrected chi connectivity index (χ2v) is 0.705. The van der Waals surface area contributed by atoms with E-state index in [0.29, 0.717) is 0 Å². The summed E-state index contributed by atoms with van der Waals surface area (Å²) in [4.78, 5) is 0. The first kappa shape index (κ1) is 3.14. The quantitative estimate of drug-likeness (QED) is 0.430. The van der Waals surface area contributed by atoms with Crippen LogP contribution in [0.15, 0.2) is 10.2 Å². The molecule has 0 saturated carbocycles. The second-order valence-electron chi connectivity index (χ2n) is 0.705. The lowest BCUT2D eigenvalue weighted by atomic mass is 11.3. The van der Waals surface area contributed by atoms with Crippen LogP contribution in [-0.2, 0) is 4.74 Å². The van der Waals surface area contributed by atoms with Gasteiger partial charge in [0, 0.05) is 0 Å². The third-order valence-electron chi connectivity index (χ3n) is 0.343. The molecule has 0 fully saturated rings. The zero-order valence-electron chi connectivity index (χ0n) is 2.96. The van der Waals surface area contributed by atoms with E-state index in [2.05, 4.69) is 20.5 Å². The van der Waals surface area contributed by atoms with Gasteiger partial charge in [-0.05, 0) is 0 Å². The third-order valence-corrected chi connectivity index (χ3v) is 0.343. The molecule has 0 aromatic rings. The third kappa shape index (κ3) is 0.453. The van der Waals surface area contributed by atoms with Crippen molar-refractivity contribution in [2.75, 3.05) is 0 Å². The Morgan fingerprint density at radius 1 is 1.33 bits per heavy atom. The summed E-state index contributed by atoms with van der Waals surface area (Å²) in [6.07, 6.45) is 2.51. The molecule has 4 nitrogen and oxygen atoms in total. The van der Waals surface area contributed by atoms with Crippen molar-refractivity contribution < 1.29 is 4.74 Å². The van der Waals surface area contributed by atoms with E-state index in [1.54, 1.807) is 0 Å². The molecule has 0 radical (unpaired) electrons. The molecule has 0 aliphatic carbocycles. The Bertz CT molecular complexity index is 66.8. The van der Waals surface area contributed by atoms with Crippen molar-refractivity contribution in [3.8, 4) is 0 Å². The maximum atomic E-state index is 4.42. The number of hydrazone groups is 2. The number of hydrogen-bond acceptors (Lipinski definition) is 4. The van der Waals surface area contributed by atoms with Gasteiger partial charge in [0.25, 0.3) is 0 Å². The van der Waals surface area contributed by atoms with Crippen LogP contribution in [0.2, 0.25) is 0 Å². The lowest BCUT2D eigenvalue weighted by Crippen LogP contribution is -2.02. The summed E-state index contributed by atoms with van der Waals surface area (Å²) in [5, 5.41) is 6.76. The molecule has 0 unspecified atom stereocenters. The highest BCUT2D eigenvalue weighted by Crippen LogP contribution is 1.67. The summed E-state index contributed by atoms with van der Waals surface area (Å²) < 4.78 is 4.42. The Morgan fingerprint density at radius 2 is 2.00 bits per heavy atom. The molecule has 1 heterocycles. The van der Waals surface area contributed by atoms with Gasteiger partial charge in [0.2, 0.25) is 12.8 Å². The molecule has 1 rings (SSSR count). The van der Waals surface area contributed by atoms with Gasteiger partial charge >= 0.3 is 0 Å². The standard InChI is InChI=1S/C2H3N3O/c1-3-5-4-2-6-1/h1-2,5H. The lowest BCUT2D eigenvalue weighted by molar-refractivity contribution is 0.545. The first-order chi connectivity index (χ1) is 3.00. The molecular weight excluding hydrogens is 82.0 g/mol. The Morgan fingerprint density at radius 3 is 2.17 bits per heavy atom. The van der Waals surface area contributed by atoms with Gasteiger partial charge in [-0.2, -0.15) is 5.53 Å². The molecule has 0 spiro atoms. The number of rotatable bonds is 0. The topological polar surface area (TPSA) is 46.0 Å². The van der Waals surface area contributed by atoms with Crippen LogP contribution in [0.1, 0.15) is 0 Å². The fourth-order valence-electron chi connectivity index (χ4n) is 0.169. The molecule has 0 aromatic carbocycles. The van der Waals surface area contributed by atoms with E-state index >= 15 is 0 Å². The van der Waals surface area contributed by atoms with E-state index in [4.69, 9.17) is 0 Å². The molecule has 0 bridgehead atoms. The SMILES string of the molecule is C1=NNN=CO1. The summed E-state index contributed by atoms with van der Waals surface area (Å²) in [6.45, 7) is 0. The monoisotopic (exact) mass is 85.0 g/mol. The zero-order chi connectivity index (χ0) is 4.24. The van der Waals surface area contributed by atoms with Gasteiger partial charge in [-0.3, -0.25) is 0 Å². The van der Waals surface area contributed by atoms with Gasteiger partial charge in [-0.15, -0.1) is 10.2 Å². The van der Waals surface area contributed by atoms with E-state index in [-0.39, 0.29) is 0 Å². The Hall–Kier alpha value is -1.06. The van der Waals surface area contributed by atoms with Crippen LogP contribution in [-0.4, -0.2) is 12.8 Å². The molecule has 0 amide bonds. The van der Waals surface area contributed by atoms with E-state index in [1.165, 1.54) is 12.8 Å². The highest BCUT2D eigenvalue weighted by Gasteiger charge is 1.74. The summed E-state index contributed by atoms with van der Waals surface area (Å²) >= 11 is 0. The van der Waals surface area contributed by atoms with Crippen molar-refractivity contribution in [1.29, 1.82) is 0 Å². The Labute approximate surface area is 34.5 Å². The smallest absolute Gasteiger partial charge is 0.202 e. The van der Waals surface area contributed by atoms with Gasteiger partial charge in [0.1, 0.15) is 0 Å². The summed E-state index contributed by atoms with van der Waals surface area (Å²) in [6, 6.07) is 0. The van der Waals surface area contributed by atoms with Crippen LogP contribution in [0.25, 0.3) is 0 Å². The van der Waals surface area contributed by atoms with Crippen molar-refractivity contribution in [2.24, 2.45) is 10.2 Å². The van der Waals surface area contributed by atoms with Crippen molar-refractivity contribution in [2.45, 2.75) is 0 Å². The second kappa shape index (κ2) is 1.40. The molecule has 1 N–H and O–H groups in total. The molecular formula is C2H3N3O. The van der Waals surface area contributed by atoms with E-state index in [1.807, 2.05) is 0 Å². The molecule has 0 saturated heterocycles. The van der Waals surface area contributed by atoms with Gasteiger partial charge in [0.15, 0.2) is 0 Å². The summed E-state index contributed by atoms with van der Waals surface area (Å²) in [5.41, 5.74) is 2.30. The van der Waals surface area contributed by atoms with Crippen molar-refractivity contribution in [3.63, 3.8) is 0 Å². The molecule has 0 atom stereocenters. The van der Waals surface area contributed by atoms with Crippen LogP contribution in [0.3, 0.4) is 0 Å². The number of nitrogens with zero attached hydrogens (tertiary/aromatic N) is 2. The predicted molar refractivity (Wildman–Crippen MR) is 21.2 cm³/mol. The lowest BCUT2D eigenvalue weighted by Gasteiger charge is -1.92. The molecule has 6 heavy (non-hydrogen) atoms. The molecule has 1 aliphatic heterocycles. The van der Waals surface area contributed by atoms with E-state index in [0.717, 1.165) is 0 Å². The highest BCUT2D eigenvalue weighted by atomic mass is 16.5. The number of ether oxygens (including phenoxy) is 1. The van der Waals surface area contributed by atoms with Crippen molar-refractivity contribution >= 4 is 12.8 Å². The van der Waals surface area contributed by atoms with Crippen LogP contribution in [0.5, 0.6) is 0 Å². The van der Waals surface area contributed by atoms with Crippen LogP contribution in [0, 0.1) is 0 Å². The van der Waals surface area contributed by atoms with Crippen LogP contribution < -0.4 is 5.53 Å². The summed E-state index contributed by atoms with van der Waals surface area (Å²) in [5.74, 6) is 0. The largest absolute Gasteiger partial charge is 0.431 e. The van der Waals surface area contributed by atoms with Gasteiger partial charge in [-0.1, -0.05) is 0 Å². The van der Waals surface area contributed by atoms with E-state index in [9.17, 15) is 0 Å². The Kier molecular flexibility index (Phi) is 0.731. The average molecular weight is 85.1 g/mol. The van der Waals surface area contributed by atoms with Crippen LogP contribution >= 0.6 is 0 Å². The molecule has 0 aromatic heterocycles. The fraction of sp³-hybridized carbons (Fsp3) is 0. The normalized spacial score (nSPS) is 16.0. The fourth-order valence-corrected chi connectivity index (χ4v) is 0.169. The van der Waals surface area contributed by atoms with Crippen LogP contribution in [0.4, 0.5) is 0 Å². The first-order valence-electron chi connectivity index (χ1n) is 1.44.